The third-order valence-corrected chi connectivity index (χ3v) is 7.58. The molecule has 0 bridgehead atoms. The Kier molecular flexibility index (Phi) is 6.71. The van der Waals surface area contributed by atoms with Crippen molar-refractivity contribution in [3.05, 3.63) is 48.0 Å². The van der Waals surface area contributed by atoms with Crippen molar-refractivity contribution in [2.24, 2.45) is 5.92 Å². The molecule has 0 radical (unpaired) electrons. The Morgan fingerprint density at radius 3 is 2.39 bits per heavy atom. The normalized spacial score (nSPS) is 19.3. The summed E-state index contributed by atoms with van der Waals surface area (Å²) >= 11 is 0. The Bertz CT molecular complexity index is 1130. The van der Waals surface area contributed by atoms with E-state index in [9.17, 15) is 18.0 Å². The van der Waals surface area contributed by atoms with Gasteiger partial charge in [0.05, 0.1) is 17.7 Å². The fourth-order valence-corrected chi connectivity index (χ4v) is 5.40. The smallest absolute Gasteiger partial charge is 0.240 e. The summed E-state index contributed by atoms with van der Waals surface area (Å²) in [5, 5.41) is 0. The Morgan fingerprint density at radius 1 is 1.06 bits per heavy atom. The van der Waals surface area contributed by atoms with Crippen LogP contribution in [0.5, 0.6) is 5.75 Å². The molecule has 2 aliphatic rings. The summed E-state index contributed by atoms with van der Waals surface area (Å²) in [7, 11) is -2.47. The van der Waals surface area contributed by atoms with Crippen LogP contribution in [0, 0.1) is 5.92 Å². The summed E-state index contributed by atoms with van der Waals surface area (Å²) in [6.45, 7) is 4.46. The highest BCUT2D eigenvalue weighted by atomic mass is 32.2. The van der Waals surface area contributed by atoms with Crippen molar-refractivity contribution in [3.63, 3.8) is 0 Å². The van der Waals surface area contributed by atoms with Gasteiger partial charge in [-0.05, 0) is 54.7 Å². The first-order chi connectivity index (χ1) is 15.8. The fourth-order valence-electron chi connectivity index (χ4n) is 4.37. The van der Waals surface area contributed by atoms with Gasteiger partial charge in [0.2, 0.25) is 21.8 Å². The molecule has 2 aromatic carbocycles. The highest BCUT2D eigenvalue weighted by Crippen LogP contribution is 2.34. The monoisotopic (exact) mass is 471 g/mol. The summed E-state index contributed by atoms with van der Waals surface area (Å²) in [6.07, 6.45) is 2.64. The van der Waals surface area contributed by atoms with Crippen LogP contribution in [0.3, 0.4) is 0 Å². The minimum atomic E-state index is -3.87. The van der Waals surface area contributed by atoms with Crippen LogP contribution in [-0.4, -0.2) is 40.4 Å². The zero-order valence-corrected chi connectivity index (χ0v) is 19.7. The number of hydrogen-bond donors (Lipinski definition) is 1. The minimum absolute atomic E-state index is 0.0373. The summed E-state index contributed by atoms with van der Waals surface area (Å²) in [6, 6.07) is 12.1. The van der Waals surface area contributed by atoms with Gasteiger partial charge in [-0.1, -0.05) is 19.1 Å². The zero-order chi connectivity index (χ0) is 23.6. The number of rotatable bonds is 7. The first-order valence-corrected chi connectivity index (χ1v) is 12.6. The van der Waals surface area contributed by atoms with Gasteiger partial charge in [0.1, 0.15) is 5.75 Å². The number of nitrogens with zero attached hydrogens (tertiary/aromatic N) is 2. The Morgan fingerprint density at radius 2 is 1.76 bits per heavy atom. The first-order valence-electron chi connectivity index (χ1n) is 11.2. The predicted octanol–water partition coefficient (Wildman–Crippen LogP) is 3.06. The molecule has 4 rings (SSSR count). The van der Waals surface area contributed by atoms with Gasteiger partial charge in [0.25, 0.3) is 0 Å². The molecule has 0 unspecified atom stereocenters. The van der Waals surface area contributed by atoms with Gasteiger partial charge in [-0.25, -0.2) is 18.0 Å². The van der Waals surface area contributed by atoms with E-state index in [1.54, 1.807) is 0 Å². The largest absolute Gasteiger partial charge is 0.495 e. The SMILES string of the molecule is COc1ccc(S(=O)(=O)NCc2ccc(N3CCC[C@@H](C)C3)cc2)cc1N1C(=O)CCC1=O. The van der Waals surface area contributed by atoms with E-state index in [-0.39, 0.29) is 47.5 Å². The highest BCUT2D eigenvalue weighted by Gasteiger charge is 2.33. The maximum absolute atomic E-state index is 12.9. The van der Waals surface area contributed by atoms with Crippen LogP contribution in [0.2, 0.25) is 0 Å². The van der Waals surface area contributed by atoms with E-state index in [0.717, 1.165) is 29.2 Å². The average Bonchev–Trinajstić information content (AvgIpc) is 3.15. The number of methoxy groups -OCH3 is 1. The number of carbonyl (C=O) groups is 2. The average molecular weight is 472 g/mol. The molecular weight excluding hydrogens is 442 g/mol. The van der Waals surface area contributed by atoms with E-state index in [1.807, 2.05) is 24.3 Å². The van der Waals surface area contributed by atoms with E-state index in [1.165, 1.54) is 38.2 Å². The summed E-state index contributed by atoms with van der Waals surface area (Å²) in [5.41, 5.74) is 2.13. The molecule has 0 aromatic heterocycles. The molecule has 9 heteroatoms. The van der Waals surface area contributed by atoms with Gasteiger partial charge >= 0.3 is 0 Å². The van der Waals surface area contributed by atoms with E-state index in [4.69, 9.17) is 4.74 Å². The van der Waals surface area contributed by atoms with Crippen LogP contribution in [0.25, 0.3) is 0 Å². The number of benzene rings is 2. The minimum Gasteiger partial charge on any atom is -0.495 e. The van der Waals surface area contributed by atoms with Crippen molar-refractivity contribution in [2.45, 2.75) is 44.0 Å². The molecule has 2 fully saturated rings. The van der Waals surface area contributed by atoms with Crippen LogP contribution >= 0.6 is 0 Å². The quantitative estimate of drug-likeness (QED) is 0.624. The summed E-state index contributed by atoms with van der Waals surface area (Å²) in [4.78, 5) is 27.7. The van der Waals surface area contributed by atoms with E-state index < -0.39 is 10.0 Å². The summed E-state index contributed by atoms with van der Waals surface area (Å²) < 4.78 is 33.7. The number of hydrogen-bond acceptors (Lipinski definition) is 6. The van der Waals surface area contributed by atoms with Gasteiger partial charge in [0, 0.05) is 38.2 Å². The molecule has 0 aliphatic carbocycles. The number of sulfonamides is 1. The van der Waals surface area contributed by atoms with Crippen LogP contribution in [-0.2, 0) is 26.2 Å². The molecule has 176 valence electrons. The van der Waals surface area contributed by atoms with Crippen molar-refractivity contribution < 1.29 is 22.7 Å². The molecule has 1 atom stereocenters. The summed E-state index contributed by atoms with van der Waals surface area (Å²) in [5.74, 6) is 0.193. The molecule has 8 nitrogen and oxygen atoms in total. The second-order valence-corrected chi connectivity index (χ2v) is 10.4. The van der Waals surface area contributed by atoms with Gasteiger partial charge in [0.15, 0.2) is 0 Å². The van der Waals surface area contributed by atoms with Crippen LogP contribution < -0.4 is 19.3 Å². The first kappa shape index (κ1) is 23.3. The van der Waals surface area contributed by atoms with Crippen molar-refractivity contribution in [1.82, 2.24) is 4.72 Å². The topological polar surface area (TPSA) is 96.0 Å². The molecule has 2 aliphatic heterocycles. The van der Waals surface area contributed by atoms with Crippen LogP contribution in [0.4, 0.5) is 11.4 Å². The Balaban J connectivity index is 1.48. The molecule has 1 N–H and O–H groups in total. The van der Waals surface area contributed by atoms with E-state index in [2.05, 4.69) is 16.5 Å². The maximum Gasteiger partial charge on any atom is 0.240 e. The van der Waals surface area contributed by atoms with Gasteiger partial charge in [-0.2, -0.15) is 0 Å². The lowest BCUT2D eigenvalue weighted by atomic mass is 9.99. The van der Waals surface area contributed by atoms with Crippen molar-refractivity contribution in [2.75, 3.05) is 30.0 Å². The second kappa shape index (κ2) is 9.52. The lowest BCUT2D eigenvalue weighted by Gasteiger charge is -2.32. The molecule has 0 saturated carbocycles. The number of imide groups is 1. The molecular formula is C24H29N3O5S. The Labute approximate surface area is 194 Å². The molecule has 33 heavy (non-hydrogen) atoms. The number of nitrogens with one attached hydrogen (secondary N) is 1. The van der Waals surface area contributed by atoms with E-state index >= 15 is 0 Å². The second-order valence-electron chi connectivity index (χ2n) is 8.64. The molecule has 2 amide bonds. The lowest BCUT2D eigenvalue weighted by molar-refractivity contribution is -0.121. The molecule has 0 spiro atoms. The van der Waals surface area contributed by atoms with Crippen LogP contribution in [0.15, 0.2) is 47.4 Å². The fraction of sp³-hybridized carbons (Fsp3) is 0.417. The third-order valence-electron chi connectivity index (χ3n) is 6.18. The van der Waals surface area contributed by atoms with Crippen LogP contribution in [0.1, 0.15) is 38.2 Å². The third kappa shape index (κ3) is 5.04. The van der Waals surface area contributed by atoms with Gasteiger partial charge in [-0.3, -0.25) is 9.59 Å². The maximum atomic E-state index is 12.9. The molecule has 2 saturated heterocycles. The lowest BCUT2D eigenvalue weighted by Crippen LogP contribution is -2.34. The van der Waals surface area contributed by atoms with Crippen molar-refractivity contribution in [3.8, 4) is 5.75 Å². The number of ether oxygens (including phenoxy) is 1. The Hall–Kier alpha value is -2.91. The number of carbonyl (C=O) groups excluding carboxylic acids is 2. The van der Waals surface area contributed by atoms with Crippen molar-refractivity contribution >= 4 is 33.2 Å². The van der Waals surface area contributed by atoms with Gasteiger partial charge in [-0.15, -0.1) is 0 Å². The predicted molar refractivity (Wildman–Crippen MR) is 126 cm³/mol. The molecule has 2 aromatic rings. The van der Waals surface area contributed by atoms with Crippen molar-refractivity contribution in [1.29, 1.82) is 0 Å². The number of piperidine rings is 1. The zero-order valence-electron chi connectivity index (χ0n) is 18.9. The standard InChI is InChI=1S/C24H29N3O5S/c1-17-4-3-13-26(16-17)19-7-5-18(6-8-19)15-25-33(30,31)20-9-10-22(32-2)21(14-20)27-23(28)11-12-24(27)29/h5-10,14,17,25H,3-4,11-13,15-16H2,1-2H3/t17-/m1/s1. The van der Waals surface area contributed by atoms with Gasteiger partial charge < -0.3 is 9.64 Å². The number of anilines is 2. The molecule has 2 heterocycles. The number of amides is 2. The van der Waals surface area contributed by atoms with E-state index in [0.29, 0.717) is 5.92 Å². The highest BCUT2D eigenvalue weighted by molar-refractivity contribution is 7.89.